The van der Waals surface area contributed by atoms with Crippen LogP contribution in [0.4, 0.5) is 0 Å². The summed E-state index contributed by atoms with van der Waals surface area (Å²) in [4.78, 5) is 4.59. The molecule has 2 rings (SSSR count). The summed E-state index contributed by atoms with van der Waals surface area (Å²) in [6, 6.07) is 10.6. The number of nitrogens with zero attached hydrogens (tertiary/aromatic N) is 1. The van der Waals surface area contributed by atoms with Crippen LogP contribution in [0.3, 0.4) is 0 Å². The zero-order chi connectivity index (χ0) is 14.2. The van der Waals surface area contributed by atoms with Crippen molar-refractivity contribution in [1.82, 2.24) is 10.6 Å². The van der Waals surface area contributed by atoms with Gasteiger partial charge in [-0.3, -0.25) is 0 Å². The predicted molar refractivity (Wildman–Crippen MR) is 103 cm³/mol. The van der Waals surface area contributed by atoms with Crippen LogP contribution < -0.4 is 10.6 Å². The number of hydrogen-bond donors (Lipinski definition) is 2. The smallest absolute Gasteiger partial charge is 0.191 e. The molecule has 1 aromatic heterocycles. The molecule has 21 heavy (non-hydrogen) atoms. The van der Waals surface area contributed by atoms with Crippen LogP contribution in [0.1, 0.15) is 23.6 Å². The van der Waals surface area contributed by atoms with Gasteiger partial charge < -0.3 is 10.6 Å². The van der Waals surface area contributed by atoms with Crippen LogP contribution >= 0.6 is 35.3 Å². The average molecular weight is 415 g/mol. The largest absolute Gasteiger partial charge is 0.357 e. The topological polar surface area (TPSA) is 36.4 Å². The van der Waals surface area contributed by atoms with Gasteiger partial charge >= 0.3 is 0 Å². The van der Waals surface area contributed by atoms with E-state index in [9.17, 15) is 0 Å². The Morgan fingerprint density at radius 3 is 2.71 bits per heavy atom. The van der Waals surface area contributed by atoms with Crippen molar-refractivity contribution in [2.75, 3.05) is 6.54 Å². The minimum atomic E-state index is 0. The summed E-state index contributed by atoms with van der Waals surface area (Å²) < 4.78 is 0. The van der Waals surface area contributed by atoms with E-state index in [4.69, 9.17) is 0 Å². The Morgan fingerprint density at radius 1 is 1.19 bits per heavy atom. The van der Waals surface area contributed by atoms with Gasteiger partial charge in [0, 0.05) is 13.1 Å². The van der Waals surface area contributed by atoms with E-state index < -0.39 is 0 Å². The van der Waals surface area contributed by atoms with Crippen molar-refractivity contribution < 1.29 is 0 Å². The van der Waals surface area contributed by atoms with Gasteiger partial charge in [0.25, 0.3) is 0 Å². The first kappa shape index (κ1) is 18.0. The van der Waals surface area contributed by atoms with Crippen molar-refractivity contribution in [2.45, 2.75) is 26.9 Å². The van der Waals surface area contributed by atoms with Gasteiger partial charge in [-0.2, -0.15) is 11.3 Å². The SMILES string of the molecule is CCNC(=NCc1ccsc1)NCc1cccc(C)c1.I. The van der Waals surface area contributed by atoms with Crippen LogP contribution in [0, 0.1) is 6.92 Å². The molecule has 3 nitrogen and oxygen atoms in total. The molecule has 0 spiro atoms. The summed E-state index contributed by atoms with van der Waals surface area (Å²) in [5.41, 5.74) is 3.80. The number of aryl methyl sites for hydroxylation is 1. The number of nitrogens with one attached hydrogen (secondary N) is 2. The highest BCUT2D eigenvalue weighted by molar-refractivity contribution is 14.0. The first-order valence-corrected chi connectivity index (χ1v) is 7.81. The van der Waals surface area contributed by atoms with Crippen molar-refractivity contribution in [1.29, 1.82) is 0 Å². The van der Waals surface area contributed by atoms with Crippen molar-refractivity contribution in [2.24, 2.45) is 4.99 Å². The van der Waals surface area contributed by atoms with Crippen LogP contribution in [0.25, 0.3) is 0 Å². The monoisotopic (exact) mass is 415 g/mol. The van der Waals surface area contributed by atoms with Gasteiger partial charge in [0.1, 0.15) is 0 Å². The Morgan fingerprint density at radius 2 is 2.05 bits per heavy atom. The Balaban J connectivity index is 0.00000220. The van der Waals surface area contributed by atoms with E-state index in [0.29, 0.717) is 6.54 Å². The number of aliphatic imine (C=N–C) groups is 1. The first-order valence-electron chi connectivity index (χ1n) is 6.86. The number of benzene rings is 1. The van der Waals surface area contributed by atoms with Crippen molar-refractivity contribution in [3.63, 3.8) is 0 Å². The van der Waals surface area contributed by atoms with Crippen LogP contribution in [-0.2, 0) is 13.1 Å². The second-order valence-corrected chi connectivity index (χ2v) is 5.45. The molecule has 1 heterocycles. The molecule has 0 aliphatic carbocycles. The van der Waals surface area contributed by atoms with E-state index in [2.05, 4.69) is 70.6 Å². The molecule has 0 saturated heterocycles. The first-order chi connectivity index (χ1) is 9.78. The van der Waals surface area contributed by atoms with Crippen molar-refractivity contribution in [3.05, 3.63) is 57.8 Å². The van der Waals surface area contributed by atoms with E-state index in [-0.39, 0.29) is 24.0 Å². The molecule has 1 aromatic carbocycles. The highest BCUT2D eigenvalue weighted by Crippen LogP contribution is 2.07. The third-order valence-electron chi connectivity index (χ3n) is 2.89. The lowest BCUT2D eigenvalue weighted by Crippen LogP contribution is -2.36. The minimum Gasteiger partial charge on any atom is -0.357 e. The molecule has 0 radical (unpaired) electrons. The highest BCUT2D eigenvalue weighted by atomic mass is 127. The molecule has 0 atom stereocenters. The summed E-state index contributed by atoms with van der Waals surface area (Å²) in [6.45, 7) is 6.56. The summed E-state index contributed by atoms with van der Waals surface area (Å²) in [6.07, 6.45) is 0. The van der Waals surface area contributed by atoms with Crippen LogP contribution in [-0.4, -0.2) is 12.5 Å². The van der Waals surface area contributed by atoms with E-state index in [1.54, 1.807) is 11.3 Å². The number of guanidine groups is 1. The molecular weight excluding hydrogens is 393 g/mol. The lowest BCUT2D eigenvalue weighted by atomic mass is 10.1. The Labute approximate surface area is 147 Å². The maximum absolute atomic E-state index is 4.59. The zero-order valence-corrected chi connectivity index (χ0v) is 15.6. The van der Waals surface area contributed by atoms with Crippen molar-refractivity contribution >= 4 is 41.3 Å². The Bertz CT molecular complexity index is 552. The lowest BCUT2D eigenvalue weighted by molar-refractivity contribution is 0.816. The molecule has 0 aliphatic rings. The quantitative estimate of drug-likeness (QED) is 0.441. The van der Waals surface area contributed by atoms with Gasteiger partial charge in [-0.05, 0) is 41.8 Å². The third-order valence-corrected chi connectivity index (χ3v) is 3.62. The van der Waals surface area contributed by atoms with Gasteiger partial charge in [-0.15, -0.1) is 24.0 Å². The van der Waals surface area contributed by atoms with Gasteiger partial charge in [0.2, 0.25) is 0 Å². The fraction of sp³-hybridized carbons (Fsp3) is 0.312. The third kappa shape index (κ3) is 6.48. The molecule has 2 N–H and O–H groups in total. The van der Waals surface area contributed by atoms with Gasteiger partial charge in [-0.1, -0.05) is 29.8 Å². The number of hydrogen-bond acceptors (Lipinski definition) is 2. The molecule has 0 aliphatic heterocycles. The average Bonchev–Trinajstić information content (AvgIpc) is 2.95. The van der Waals surface area contributed by atoms with E-state index in [1.807, 2.05) is 0 Å². The summed E-state index contributed by atoms with van der Waals surface area (Å²) in [7, 11) is 0. The number of rotatable bonds is 5. The van der Waals surface area contributed by atoms with Gasteiger partial charge in [-0.25, -0.2) is 4.99 Å². The second-order valence-electron chi connectivity index (χ2n) is 4.67. The van der Waals surface area contributed by atoms with E-state index in [0.717, 1.165) is 19.0 Å². The molecule has 2 aromatic rings. The van der Waals surface area contributed by atoms with Crippen LogP contribution in [0.15, 0.2) is 46.1 Å². The Kier molecular flexibility index (Phi) is 8.37. The zero-order valence-electron chi connectivity index (χ0n) is 12.4. The molecule has 0 saturated carbocycles. The molecule has 0 bridgehead atoms. The standard InChI is InChI=1S/C16H21N3S.HI/c1-3-17-16(19-11-15-7-8-20-12-15)18-10-14-6-4-5-13(2)9-14;/h4-9,12H,3,10-11H2,1-2H3,(H2,17,18,19);1H. The molecular formula is C16H22IN3S. The van der Waals surface area contributed by atoms with Crippen LogP contribution in [0.5, 0.6) is 0 Å². The predicted octanol–water partition coefficient (Wildman–Crippen LogP) is 3.93. The maximum atomic E-state index is 4.59. The molecule has 0 amide bonds. The minimum absolute atomic E-state index is 0. The number of thiophene rings is 1. The van der Waals surface area contributed by atoms with Gasteiger partial charge in [0.05, 0.1) is 6.54 Å². The van der Waals surface area contributed by atoms with Crippen LogP contribution in [0.2, 0.25) is 0 Å². The lowest BCUT2D eigenvalue weighted by Gasteiger charge is -2.11. The highest BCUT2D eigenvalue weighted by Gasteiger charge is 1.99. The normalized spacial score (nSPS) is 10.9. The molecule has 0 unspecified atom stereocenters. The summed E-state index contributed by atoms with van der Waals surface area (Å²) in [5, 5.41) is 10.9. The molecule has 0 fully saturated rings. The summed E-state index contributed by atoms with van der Waals surface area (Å²) >= 11 is 1.71. The van der Waals surface area contributed by atoms with E-state index >= 15 is 0 Å². The van der Waals surface area contributed by atoms with Gasteiger partial charge in [0.15, 0.2) is 5.96 Å². The van der Waals surface area contributed by atoms with E-state index in [1.165, 1.54) is 16.7 Å². The fourth-order valence-corrected chi connectivity index (χ4v) is 2.56. The fourth-order valence-electron chi connectivity index (χ4n) is 1.90. The molecule has 5 heteroatoms. The molecule has 114 valence electrons. The maximum Gasteiger partial charge on any atom is 0.191 e. The second kappa shape index (κ2) is 9.78. The number of halogens is 1. The van der Waals surface area contributed by atoms with Crippen molar-refractivity contribution in [3.8, 4) is 0 Å². The Hall–Kier alpha value is -1.08. The summed E-state index contributed by atoms with van der Waals surface area (Å²) in [5.74, 6) is 0.861.